The fourth-order valence-electron chi connectivity index (χ4n) is 3.41. The highest BCUT2D eigenvalue weighted by Gasteiger charge is 2.36. The number of hydrogen-bond acceptors (Lipinski definition) is 4. The lowest BCUT2D eigenvalue weighted by Crippen LogP contribution is -2.57. The zero-order valence-electron chi connectivity index (χ0n) is 16.2. The minimum atomic E-state index is -3.54. The second kappa shape index (κ2) is 10.6. The van der Waals surface area contributed by atoms with Crippen molar-refractivity contribution in [1.82, 2.24) is 14.5 Å². The molecule has 1 aliphatic heterocycles. The Balaban J connectivity index is 0.00000196. The number of piperazine rings is 1. The van der Waals surface area contributed by atoms with Crippen LogP contribution in [0.4, 0.5) is 0 Å². The Morgan fingerprint density at radius 2 is 1.39 bits per heavy atom. The van der Waals surface area contributed by atoms with Crippen LogP contribution < -0.4 is 4.72 Å². The van der Waals surface area contributed by atoms with E-state index >= 15 is 0 Å². The molecule has 5 nitrogen and oxygen atoms in total. The summed E-state index contributed by atoms with van der Waals surface area (Å²) in [6.07, 6.45) is 0. The van der Waals surface area contributed by atoms with Crippen LogP contribution in [0.5, 0.6) is 0 Å². The van der Waals surface area contributed by atoms with Gasteiger partial charge in [-0.3, -0.25) is 4.90 Å². The number of nitrogens with one attached hydrogen (secondary N) is 1. The van der Waals surface area contributed by atoms with E-state index < -0.39 is 15.6 Å². The van der Waals surface area contributed by atoms with Gasteiger partial charge in [0.15, 0.2) is 0 Å². The lowest BCUT2D eigenvalue weighted by Gasteiger charge is -2.45. The van der Waals surface area contributed by atoms with Gasteiger partial charge in [0.2, 0.25) is 10.0 Å². The van der Waals surface area contributed by atoms with Crippen molar-refractivity contribution in [2.45, 2.75) is 17.4 Å². The zero-order valence-corrected chi connectivity index (χ0v) is 18.7. The van der Waals surface area contributed by atoms with E-state index in [0.717, 1.165) is 31.7 Å². The van der Waals surface area contributed by atoms with Gasteiger partial charge in [0.1, 0.15) is 0 Å². The molecule has 3 rings (SSSR count). The highest BCUT2D eigenvalue weighted by molar-refractivity contribution is 7.89. The van der Waals surface area contributed by atoms with Gasteiger partial charge in [0.05, 0.1) is 10.4 Å². The van der Waals surface area contributed by atoms with Gasteiger partial charge >= 0.3 is 0 Å². The maximum atomic E-state index is 12.7. The van der Waals surface area contributed by atoms with Crippen molar-refractivity contribution in [1.29, 1.82) is 0 Å². The molecular weight excluding hydrogens is 417 g/mol. The van der Waals surface area contributed by atoms with Crippen LogP contribution in [-0.2, 0) is 15.6 Å². The van der Waals surface area contributed by atoms with Crippen molar-refractivity contribution in [3.63, 3.8) is 0 Å². The summed E-state index contributed by atoms with van der Waals surface area (Å²) in [5, 5.41) is 0. The molecule has 1 atom stereocenters. The molecule has 1 unspecified atom stereocenters. The van der Waals surface area contributed by atoms with E-state index in [1.54, 1.807) is 24.3 Å². The molecule has 8 heteroatoms. The van der Waals surface area contributed by atoms with Gasteiger partial charge < -0.3 is 4.90 Å². The van der Waals surface area contributed by atoms with E-state index in [0.29, 0.717) is 11.4 Å². The fourth-order valence-corrected chi connectivity index (χ4v) is 4.57. The second-order valence-electron chi connectivity index (χ2n) is 7.07. The van der Waals surface area contributed by atoms with E-state index in [4.69, 9.17) is 0 Å². The first-order valence-corrected chi connectivity index (χ1v) is 10.4. The van der Waals surface area contributed by atoms with E-state index in [1.165, 1.54) is 0 Å². The standard InChI is InChI=1S/C20H27N3O2S.2ClH/c1-20(18-9-5-3-6-10-18,23-15-13-22(2)14-16-23)17-21-26(24,25)19-11-7-4-8-12-19;;/h3-12,21H,13-17H2,1-2H3;2*1H. The first-order chi connectivity index (χ1) is 12.4. The predicted octanol–water partition coefficient (Wildman–Crippen LogP) is 2.97. The van der Waals surface area contributed by atoms with Gasteiger partial charge in [0, 0.05) is 32.7 Å². The topological polar surface area (TPSA) is 52.6 Å². The molecule has 1 heterocycles. The average molecular weight is 446 g/mol. The summed E-state index contributed by atoms with van der Waals surface area (Å²) < 4.78 is 28.3. The summed E-state index contributed by atoms with van der Waals surface area (Å²) in [6, 6.07) is 18.7. The number of nitrogens with zero attached hydrogens (tertiary/aromatic N) is 2. The van der Waals surface area contributed by atoms with Crippen molar-refractivity contribution < 1.29 is 8.42 Å². The molecular formula is C20H29Cl2N3O2S. The van der Waals surface area contributed by atoms with Crippen LogP contribution in [0.15, 0.2) is 65.6 Å². The van der Waals surface area contributed by atoms with Crippen LogP contribution in [0.2, 0.25) is 0 Å². The molecule has 0 spiro atoms. The van der Waals surface area contributed by atoms with Crippen molar-refractivity contribution in [3.8, 4) is 0 Å². The Hall–Kier alpha value is -1.15. The maximum absolute atomic E-state index is 12.7. The number of halogens is 2. The summed E-state index contributed by atoms with van der Waals surface area (Å²) in [6.45, 7) is 6.24. The summed E-state index contributed by atoms with van der Waals surface area (Å²) in [7, 11) is -1.42. The van der Waals surface area contributed by atoms with E-state index in [9.17, 15) is 8.42 Å². The Bertz CT molecular complexity index is 814. The molecule has 0 amide bonds. The summed E-state index contributed by atoms with van der Waals surface area (Å²) in [5.74, 6) is 0. The molecule has 1 saturated heterocycles. The van der Waals surface area contributed by atoms with Crippen LogP contribution in [0, 0.1) is 0 Å². The Morgan fingerprint density at radius 1 is 0.893 bits per heavy atom. The SMILES string of the molecule is CN1CCN(C(C)(CNS(=O)(=O)c2ccccc2)c2ccccc2)CC1.Cl.Cl. The van der Waals surface area contributed by atoms with Crippen LogP contribution >= 0.6 is 24.8 Å². The minimum Gasteiger partial charge on any atom is -0.304 e. The monoisotopic (exact) mass is 445 g/mol. The van der Waals surface area contributed by atoms with E-state index in [2.05, 4.69) is 40.6 Å². The molecule has 0 saturated carbocycles. The van der Waals surface area contributed by atoms with Gasteiger partial charge in [0.25, 0.3) is 0 Å². The Kier molecular flexibility index (Phi) is 9.40. The maximum Gasteiger partial charge on any atom is 0.240 e. The van der Waals surface area contributed by atoms with Crippen LogP contribution in [-0.4, -0.2) is 58.0 Å². The predicted molar refractivity (Wildman–Crippen MR) is 119 cm³/mol. The highest BCUT2D eigenvalue weighted by atomic mass is 35.5. The molecule has 1 aliphatic rings. The van der Waals surface area contributed by atoms with E-state index in [1.807, 2.05) is 24.3 Å². The number of hydrogen-bond donors (Lipinski definition) is 1. The van der Waals surface area contributed by atoms with E-state index in [-0.39, 0.29) is 24.8 Å². The molecule has 2 aromatic carbocycles. The highest BCUT2D eigenvalue weighted by Crippen LogP contribution is 2.29. The van der Waals surface area contributed by atoms with Crippen molar-refractivity contribution in [2.24, 2.45) is 0 Å². The number of likely N-dealkylation sites (N-methyl/N-ethyl adjacent to an activating group) is 1. The Morgan fingerprint density at radius 3 is 1.93 bits per heavy atom. The minimum absolute atomic E-state index is 0. The van der Waals surface area contributed by atoms with Gasteiger partial charge in [-0.25, -0.2) is 13.1 Å². The first-order valence-electron chi connectivity index (χ1n) is 8.96. The molecule has 1 N–H and O–H groups in total. The molecule has 156 valence electrons. The molecule has 0 radical (unpaired) electrons. The average Bonchev–Trinajstić information content (AvgIpc) is 2.68. The molecule has 28 heavy (non-hydrogen) atoms. The van der Waals surface area contributed by atoms with Crippen molar-refractivity contribution in [2.75, 3.05) is 39.8 Å². The third-order valence-corrected chi connectivity index (χ3v) is 6.67. The normalized spacial score (nSPS) is 17.8. The lowest BCUT2D eigenvalue weighted by atomic mass is 9.89. The first kappa shape index (κ1) is 24.9. The summed E-state index contributed by atoms with van der Waals surface area (Å²) >= 11 is 0. The van der Waals surface area contributed by atoms with Crippen LogP contribution in [0.25, 0.3) is 0 Å². The van der Waals surface area contributed by atoms with Crippen molar-refractivity contribution in [3.05, 3.63) is 66.2 Å². The number of benzene rings is 2. The largest absolute Gasteiger partial charge is 0.304 e. The Labute approximate surface area is 181 Å². The number of sulfonamides is 1. The number of rotatable bonds is 6. The van der Waals surface area contributed by atoms with Crippen LogP contribution in [0.1, 0.15) is 12.5 Å². The van der Waals surface area contributed by atoms with Gasteiger partial charge in [-0.15, -0.1) is 24.8 Å². The van der Waals surface area contributed by atoms with Gasteiger partial charge in [-0.1, -0.05) is 48.5 Å². The molecule has 2 aromatic rings. The zero-order chi connectivity index (χ0) is 18.6. The van der Waals surface area contributed by atoms with Crippen LogP contribution in [0.3, 0.4) is 0 Å². The molecule has 1 fully saturated rings. The summed E-state index contributed by atoms with van der Waals surface area (Å²) in [4.78, 5) is 4.99. The third-order valence-electron chi connectivity index (χ3n) is 5.26. The third kappa shape index (κ3) is 5.69. The van der Waals surface area contributed by atoms with Gasteiger partial charge in [-0.2, -0.15) is 0 Å². The van der Waals surface area contributed by atoms with Crippen molar-refractivity contribution >= 4 is 34.8 Å². The van der Waals surface area contributed by atoms with Gasteiger partial charge in [-0.05, 0) is 31.7 Å². The quantitative estimate of drug-likeness (QED) is 0.742. The molecule has 0 bridgehead atoms. The fraction of sp³-hybridized carbons (Fsp3) is 0.400. The lowest BCUT2D eigenvalue weighted by molar-refractivity contribution is 0.0517. The summed E-state index contributed by atoms with van der Waals surface area (Å²) in [5.41, 5.74) is 0.727. The second-order valence-corrected chi connectivity index (χ2v) is 8.83. The smallest absolute Gasteiger partial charge is 0.240 e. The molecule has 0 aliphatic carbocycles. The molecule has 0 aromatic heterocycles.